The second-order valence-corrected chi connectivity index (χ2v) is 7.48. The fraction of sp³-hybridized carbons (Fsp3) is 0.318. The van der Waals surface area contributed by atoms with Crippen molar-refractivity contribution in [3.63, 3.8) is 0 Å². The summed E-state index contributed by atoms with van der Waals surface area (Å²) in [5, 5.41) is 50.0. The molecule has 1 saturated heterocycles. The summed E-state index contributed by atoms with van der Waals surface area (Å²) in [6.07, 6.45) is -6.50. The minimum atomic E-state index is -1.55. The first-order valence-corrected chi connectivity index (χ1v) is 9.74. The Morgan fingerprint density at radius 1 is 0.938 bits per heavy atom. The Balaban J connectivity index is 1.73. The van der Waals surface area contributed by atoms with E-state index in [2.05, 4.69) is 0 Å². The molecule has 0 radical (unpaired) electrons. The van der Waals surface area contributed by atoms with Gasteiger partial charge in [0.25, 0.3) is 0 Å². The number of aliphatic hydroxyl groups is 3. The number of aromatic hydroxyl groups is 2. The molecule has 0 spiro atoms. The van der Waals surface area contributed by atoms with Gasteiger partial charge in [-0.3, -0.25) is 4.79 Å². The molecule has 3 aromatic rings. The topological polar surface area (TPSA) is 159 Å². The van der Waals surface area contributed by atoms with Gasteiger partial charge in [-0.15, -0.1) is 0 Å². The van der Waals surface area contributed by atoms with Gasteiger partial charge in [0, 0.05) is 23.8 Å². The molecule has 0 saturated carbocycles. The Morgan fingerprint density at radius 2 is 1.69 bits per heavy atom. The van der Waals surface area contributed by atoms with Crippen molar-refractivity contribution in [2.45, 2.75) is 37.6 Å². The predicted octanol–water partition coefficient (Wildman–Crippen LogP) is 1.09. The highest BCUT2D eigenvalue weighted by Gasteiger charge is 2.43. The molecule has 1 aromatic heterocycles. The SMILES string of the molecule is COc1cc(-c2cc(=O)c3c(O)cc(OC4OC(C)C(O)C(O)C4O)cc3o2)ccc1O. The molecule has 10 nitrogen and oxygen atoms in total. The van der Waals surface area contributed by atoms with Gasteiger partial charge in [0.2, 0.25) is 6.29 Å². The summed E-state index contributed by atoms with van der Waals surface area (Å²) in [5.41, 5.74) is -0.0756. The summed E-state index contributed by atoms with van der Waals surface area (Å²) in [4.78, 5) is 12.6. The Labute approximate surface area is 181 Å². The minimum absolute atomic E-state index is 0.00146. The van der Waals surface area contributed by atoms with Gasteiger partial charge in [-0.05, 0) is 25.1 Å². The number of hydrogen-bond acceptors (Lipinski definition) is 10. The molecule has 1 fully saturated rings. The molecule has 5 N–H and O–H groups in total. The van der Waals surface area contributed by atoms with E-state index >= 15 is 0 Å². The van der Waals surface area contributed by atoms with E-state index in [4.69, 9.17) is 18.6 Å². The number of benzene rings is 2. The second-order valence-electron chi connectivity index (χ2n) is 7.48. The van der Waals surface area contributed by atoms with Gasteiger partial charge >= 0.3 is 0 Å². The summed E-state index contributed by atoms with van der Waals surface area (Å²) < 4.78 is 21.8. The van der Waals surface area contributed by atoms with Crippen molar-refractivity contribution >= 4 is 11.0 Å². The molecule has 0 amide bonds. The molecular formula is C22H22O10. The van der Waals surface area contributed by atoms with Gasteiger partial charge < -0.3 is 44.2 Å². The van der Waals surface area contributed by atoms with E-state index in [1.165, 1.54) is 44.4 Å². The number of methoxy groups -OCH3 is 1. The van der Waals surface area contributed by atoms with Gasteiger partial charge in [-0.1, -0.05) is 0 Å². The van der Waals surface area contributed by atoms with Crippen molar-refractivity contribution < 1.29 is 44.2 Å². The molecule has 10 heteroatoms. The van der Waals surface area contributed by atoms with Crippen LogP contribution in [0.1, 0.15) is 6.92 Å². The standard InChI is InChI=1S/C22H22O10/c1-9-19(26)20(27)21(28)22(30-9)31-11-6-13(24)18-14(25)8-15(32-17(18)7-11)10-3-4-12(23)16(5-10)29-2/h3-9,19-24,26-28H,1-2H3. The first kappa shape index (κ1) is 21.9. The highest BCUT2D eigenvalue weighted by molar-refractivity contribution is 5.86. The molecule has 5 unspecified atom stereocenters. The van der Waals surface area contributed by atoms with Gasteiger partial charge in [0.15, 0.2) is 16.9 Å². The van der Waals surface area contributed by atoms with Gasteiger partial charge in [-0.2, -0.15) is 0 Å². The zero-order valence-electron chi connectivity index (χ0n) is 17.1. The van der Waals surface area contributed by atoms with Crippen LogP contribution in [0.15, 0.2) is 45.6 Å². The molecule has 5 atom stereocenters. The lowest BCUT2D eigenvalue weighted by molar-refractivity contribution is -0.268. The zero-order chi connectivity index (χ0) is 23.2. The van der Waals surface area contributed by atoms with Crippen molar-refractivity contribution in [1.82, 2.24) is 0 Å². The van der Waals surface area contributed by atoms with Crippen molar-refractivity contribution in [1.29, 1.82) is 0 Å². The normalized spacial score (nSPS) is 25.6. The third-order valence-electron chi connectivity index (χ3n) is 5.31. The van der Waals surface area contributed by atoms with Crippen LogP contribution < -0.4 is 14.9 Å². The van der Waals surface area contributed by atoms with E-state index in [0.717, 1.165) is 6.07 Å². The number of fused-ring (bicyclic) bond motifs is 1. The minimum Gasteiger partial charge on any atom is -0.507 e. The third kappa shape index (κ3) is 3.84. The van der Waals surface area contributed by atoms with Crippen molar-refractivity contribution in [3.8, 4) is 34.3 Å². The van der Waals surface area contributed by atoms with Crippen LogP contribution in [0.25, 0.3) is 22.3 Å². The molecule has 2 heterocycles. The summed E-state index contributed by atoms with van der Waals surface area (Å²) in [6, 6.07) is 8.08. The van der Waals surface area contributed by atoms with Crippen molar-refractivity contribution in [2.24, 2.45) is 0 Å². The number of hydrogen-bond donors (Lipinski definition) is 5. The van der Waals surface area contributed by atoms with Crippen LogP contribution in [-0.2, 0) is 4.74 Å². The molecule has 0 bridgehead atoms. The fourth-order valence-electron chi connectivity index (χ4n) is 3.53. The second kappa shape index (κ2) is 8.32. The smallest absolute Gasteiger partial charge is 0.229 e. The number of phenolic OH excluding ortho intramolecular Hbond substituents is 2. The predicted molar refractivity (Wildman–Crippen MR) is 111 cm³/mol. The van der Waals surface area contributed by atoms with Crippen LogP contribution in [0, 0.1) is 0 Å². The number of ether oxygens (including phenoxy) is 3. The molecule has 1 aliphatic heterocycles. The maximum Gasteiger partial charge on any atom is 0.229 e. The average molecular weight is 446 g/mol. The first-order chi connectivity index (χ1) is 15.2. The highest BCUT2D eigenvalue weighted by Crippen LogP contribution is 2.35. The fourth-order valence-corrected chi connectivity index (χ4v) is 3.53. The lowest BCUT2D eigenvalue weighted by atomic mass is 10.00. The van der Waals surface area contributed by atoms with Crippen molar-refractivity contribution in [2.75, 3.05) is 7.11 Å². The van der Waals surface area contributed by atoms with Crippen LogP contribution in [0.2, 0.25) is 0 Å². The number of rotatable bonds is 4. The van der Waals surface area contributed by atoms with E-state index in [1.807, 2.05) is 0 Å². The molecule has 2 aromatic carbocycles. The summed E-state index contributed by atoms with van der Waals surface area (Å²) in [5.74, 6) is -0.166. The Bertz CT molecular complexity index is 1200. The van der Waals surface area contributed by atoms with Gasteiger partial charge in [0.1, 0.15) is 46.5 Å². The van der Waals surface area contributed by atoms with E-state index in [-0.39, 0.29) is 34.0 Å². The molecular weight excluding hydrogens is 424 g/mol. The summed E-state index contributed by atoms with van der Waals surface area (Å²) in [6.45, 7) is 1.51. The highest BCUT2D eigenvalue weighted by atomic mass is 16.7. The Kier molecular flexibility index (Phi) is 5.70. The molecule has 4 rings (SSSR count). The van der Waals surface area contributed by atoms with Crippen LogP contribution in [-0.4, -0.2) is 63.3 Å². The van der Waals surface area contributed by atoms with E-state index in [0.29, 0.717) is 5.56 Å². The maximum atomic E-state index is 12.6. The van der Waals surface area contributed by atoms with Crippen molar-refractivity contribution in [3.05, 3.63) is 46.6 Å². The van der Waals surface area contributed by atoms with Crippen LogP contribution in [0.4, 0.5) is 0 Å². The Hall–Kier alpha value is -3.31. The molecule has 32 heavy (non-hydrogen) atoms. The largest absolute Gasteiger partial charge is 0.507 e. The monoisotopic (exact) mass is 446 g/mol. The Morgan fingerprint density at radius 3 is 2.41 bits per heavy atom. The van der Waals surface area contributed by atoms with Crippen LogP contribution in [0.5, 0.6) is 23.0 Å². The van der Waals surface area contributed by atoms with E-state index in [9.17, 15) is 30.3 Å². The first-order valence-electron chi connectivity index (χ1n) is 9.74. The third-order valence-corrected chi connectivity index (χ3v) is 5.31. The van der Waals surface area contributed by atoms with Gasteiger partial charge in [-0.25, -0.2) is 0 Å². The van der Waals surface area contributed by atoms with E-state index < -0.39 is 41.9 Å². The molecule has 170 valence electrons. The molecule has 1 aliphatic rings. The summed E-state index contributed by atoms with van der Waals surface area (Å²) >= 11 is 0. The average Bonchev–Trinajstić information content (AvgIpc) is 2.75. The zero-order valence-corrected chi connectivity index (χ0v) is 17.1. The maximum absolute atomic E-state index is 12.6. The quantitative estimate of drug-likeness (QED) is 0.393. The molecule has 0 aliphatic carbocycles. The lowest BCUT2D eigenvalue weighted by Gasteiger charge is -2.38. The van der Waals surface area contributed by atoms with E-state index in [1.54, 1.807) is 0 Å². The summed E-state index contributed by atoms with van der Waals surface area (Å²) in [7, 11) is 1.38. The van der Waals surface area contributed by atoms with Crippen LogP contribution >= 0.6 is 0 Å². The van der Waals surface area contributed by atoms with Crippen LogP contribution in [0.3, 0.4) is 0 Å². The lowest BCUT2D eigenvalue weighted by Crippen LogP contribution is -2.58. The van der Waals surface area contributed by atoms with Gasteiger partial charge in [0.05, 0.1) is 13.2 Å². The number of phenols is 2. The number of aliphatic hydroxyl groups excluding tert-OH is 3.